The number of carbonyl (C=O) groups excluding carboxylic acids is 1. The summed E-state index contributed by atoms with van der Waals surface area (Å²) in [6.07, 6.45) is 3.37. The van der Waals surface area contributed by atoms with Gasteiger partial charge in [-0.15, -0.1) is 0 Å². The molecule has 7 heteroatoms. The number of nitro benzene ring substituents is 1. The first kappa shape index (κ1) is 19.2. The zero-order valence-electron chi connectivity index (χ0n) is 15.1. The van der Waals surface area contributed by atoms with Gasteiger partial charge in [0.2, 0.25) is 0 Å². The Morgan fingerprint density at radius 1 is 1.32 bits per heavy atom. The molecule has 1 aliphatic rings. The molecule has 1 aromatic carbocycles. The van der Waals surface area contributed by atoms with Crippen LogP contribution in [-0.2, 0) is 4.74 Å². The van der Waals surface area contributed by atoms with Crippen LogP contribution in [0.15, 0.2) is 18.2 Å². The summed E-state index contributed by atoms with van der Waals surface area (Å²) >= 11 is 0. The number of nitrogens with one attached hydrogen (secondary N) is 2. The van der Waals surface area contributed by atoms with Crippen LogP contribution in [0.4, 0.5) is 11.4 Å². The minimum atomic E-state index is -0.474. The zero-order valence-corrected chi connectivity index (χ0v) is 15.1. The van der Waals surface area contributed by atoms with E-state index in [1.165, 1.54) is 12.5 Å². The molecule has 0 aromatic heterocycles. The van der Waals surface area contributed by atoms with E-state index in [0.29, 0.717) is 36.2 Å². The molecule has 0 radical (unpaired) electrons. The van der Waals surface area contributed by atoms with Crippen molar-refractivity contribution >= 4 is 17.3 Å². The fourth-order valence-corrected chi connectivity index (χ4v) is 3.46. The molecular weight excluding hydrogens is 322 g/mol. The molecule has 25 heavy (non-hydrogen) atoms. The molecular formula is C18H27N3O4. The van der Waals surface area contributed by atoms with Gasteiger partial charge in [-0.05, 0) is 36.8 Å². The maximum atomic E-state index is 12.6. The highest BCUT2D eigenvalue weighted by Gasteiger charge is 2.29. The largest absolute Gasteiger partial charge is 0.383 e. The van der Waals surface area contributed by atoms with Crippen molar-refractivity contribution < 1.29 is 14.5 Å². The summed E-state index contributed by atoms with van der Waals surface area (Å²) in [4.78, 5) is 23.4. The second-order valence-corrected chi connectivity index (χ2v) is 6.79. The number of hydrogen-bond donors (Lipinski definition) is 2. The first-order valence-electron chi connectivity index (χ1n) is 8.76. The smallest absolute Gasteiger partial charge is 0.293 e. The van der Waals surface area contributed by atoms with E-state index in [4.69, 9.17) is 4.74 Å². The summed E-state index contributed by atoms with van der Waals surface area (Å²) in [6.45, 7) is 5.19. The molecule has 0 aliphatic heterocycles. The molecule has 2 atom stereocenters. The van der Waals surface area contributed by atoms with Gasteiger partial charge in [-0.3, -0.25) is 14.9 Å². The van der Waals surface area contributed by atoms with Gasteiger partial charge in [-0.2, -0.15) is 0 Å². The van der Waals surface area contributed by atoms with Crippen LogP contribution in [0.3, 0.4) is 0 Å². The highest BCUT2D eigenvalue weighted by atomic mass is 16.6. The van der Waals surface area contributed by atoms with Gasteiger partial charge in [0.25, 0.3) is 11.6 Å². The van der Waals surface area contributed by atoms with Gasteiger partial charge >= 0.3 is 0 Å². The third-order valence-electron chi connectivity index (χ3n) is 4.92. The Bertz CT molecular complexity index is 610. The van der Waals surface area contributed by atoms with Crippen LogP contribution in [0, 0.1) is 22.0 Å². The Balaban J connectivity index is 2.13. The van der Waals surface area contributed by atoms with E-state index in [-0.39, 0.29) is 17.6 Å². The van der Waals surface area contributed by atoms with E-state index in [2.05, 4.69) is 24.5 Å². The number of ether oxygens (including phenoxy) is 1. The fourth-order valence-electron chi connectivity index (χ4n) is 3.46. The number of carbonyl (C=O) groups is 1. The summed E-state index contributed by atoms with van der Waals surface area (Å²) in [5.41, 5.74) is 0.598. The van der Waals surface area contributed by atoms with Gasteiger partial charge in [0, 0.05) is 31.3 Å². The summed E-state index contributed by atoms with van der Waals surface area (Å²) < 4.78 is 4.93. The standard InChI is InChI=1S/C18H27N3O4/c1-12-5-4-6-13(2)17(12)20-18(22)14-7-8-15(19-9-10-25-3)16(11-14)21(23)24/h7-8,11-13,17,19H,4-6,9-10H2,1-3H3,(H,20,22). The van der Waals surface area contributed by atoms with Gasteiger partial charge < -0.3 is 15.4 Å². The van der Waals surface area contributed by atoms with Crippen LogP contribution in [0.1, 0.15) is 43.5 Å². The molecule has 2 rings (SSSR count). The van der Waals surface area contributed by atoms with E-state index in [1.807, 2.05) is 0 Å². The summed E-state index contributed by atoms with van der Waals surface area (Å²) in [5, 5.41) is 17.4. The first-order chi connectivity index (χ1) is 11.9. The van der Waals surface area contributed by atoms with Crippen molar-refractivity contribution in [2.24, 2.45) is 11.8 Å². The predicted molar refractivity (Wildman–Crippen MR) is 96.9 cm³/mol. The highest BCUT2D eigenvalue weighted by Crippen LogP contribution is 2.30. The maximum Gasteiger partial charge on any atom is 0.293 e. The third kappa shape index (κ3) is 4.92. The molecule has 0 heterocycles. The van der Waals surface area contributed by atoms with E-state index in [1.54, 1.807) is 19.2 Å². The Morgan fingerprint density at radius 3 is 2.60 bits per heavy atom. The number of nitro groups is 1. The van der Waals surface area contributed by atoms with Crippen LogP contribution in [-0.4, -0.2) is 37.1 Å². The maximum absolute atomic E-state index is 12.6. The molecule has 0 saturated heterocycles. The number of nitrogens with zero attached hydrogens (tertiary/aromatic N) is 1. The molecule has 1 saturated carbocycles. The molecule has 1 fully saturated rings. The monoisotopic (exact) mass is 349 g/mol. The summed E-state index contributed by atoms with van der Waals surface area (Å²) in [7, 11) is 1.57. The molecule has 1 amide bonds. The summed E-state index contributed by atoms with van der Waals surface area (Å²) in [5.74, 6) is 0.576. The molecule has 7 nitrogen and oxygen atoms in total. The van der Waals surface area contributed by atoms with E-state index in [9.17, 15) is 14.9 Å². The Labute approximate surface area is 148 Å². The SMILES string of the molecule is COCCNc1ccc(C(=O)NC2C(C)CCCC2C)cc1[N+](=O)[O-]. The molecule has 0 bridgehead atoms. The summed E-state index contributed by atoms with van der Waals surface area (Å²) in [6, 6.07) is 4.65. The molecule has 1 aromatic rings. The van der Waals surface area contributed by atoms with Crippen LogP contribution in [0.25, 0.3) is 0 Å². The number of benzene rings is 1. The Hall–Kier alpha value is -2.15. The lowest BCUT2D eigenvalue weighted by Crippen LogP contribution is -2.45. The molecule has 0 spiro atoms. The number of hydrogen-bond acceptors (Lipinski definition) is 5. The van der Waals surface area contributed by atoms with E-state index >= 15 is 0 Å². The molecule has 138 valence electrons. The van der Waals surface area contributed by atoms with Gasteiger partial charge in [0.05, 0.1) is 11.5 Å². The highest BCUT2D eigenvalue weighted by molar-refractivity contribution is 5.96. The van der Waals surface area contributed by atoms with Crippen molar-refractivity contribution in [3.05, 3.63) is 33.9 Å². The lowest BCUT2D eigenvalue weighted by atomic mass is 9.78. The average molecular weight is 349 g/mol. The topological polar surface area (TPSA) is 93.5 Å². The molecule has 1 aliphatic carbocycles. The number of anilines is 1. The van der Waals surface area contributed by atoms with E-state index < -0.39 is 4.92 Å². The first-order valence-corrected chi connectivity index (χ1v) is 8.76. The van der Waals surface area contributed by atoms with Crippen LogP contribution < -0.4 is 10.6 Å². The molecule has 2 unspecified atom stereocenters. The van der Waals surface area contributed by atoms with Crippen LogP contribution in [0.2, 0.25) is 0 Å². The Morgan fingerprint density at radius 2 is 2.00 bits per heavy atom. The lowest BCUT2D eigenvalue weighted by molar-refractivity contribution is -0.384. The predicted octanol–water partition coefficient (Wildman–Crippen LogP) is 3.21. The second kappa shape index (κ2) is 8.80. The van der Waals surface area contributed by atoms with Crippen molar-refractivity contribution in [2.75, 3.05) is 25.6 Å². The Kier molecular flexibility index (Phi) is 6.75. The van der Waals surface area contributed by atoms with Crippen molar-refractivity contribution in [1.82, 2.24) is 5.32 Å². The van der Waals surface area contributed by atoms with Crippen molar-refractivity contribution in [3.63, 3.8) is 0 Å². The third-order valence-corrected chi connectivity index (χ3v) is 4.92. The number of amides is 1. The normalized spacial score (nSPS) is 23.1. The lowest BCUT2D eigenvalue weighted by Gasteiger charge is -2.35. The quantitative estimate of drug-likeness (QED) is 0.448. The van der Waals surface area contributed by atoms with Gasteiger partial charge in [-0.25, -0.2) is 0 Å². The van der Waals surface area contributed by atoms with Crippen LogP contribution >= 0.6 is 0 Å². The van der Waals surface area contributed by atoms with Gasteiger partial charge in [-0.1, -0.05) is 20.3 Å². The van der Waals surface area contributed by atoms with Gasteiger partial charge in [0.15, 0.2) is 0 Å². The van der Waals surface area contributed by atoms with Gasteiger partial charge in [0.1, 0.15) is 5.69 Å². The zero-order chi connectivity index (χ0) is 18.4. The van der Waals surface area contributed by atoms with Crippen molar-refractivity contribution in [3.8, 4) is 0 Å². The molecule has 2 N–H and O–H groups in total. The second-order valence-electron chi connectivity index (χ2n) is 6.79. The van der Waals surface area contributed by atoms with Crippen LogP contribution in [0.5, 0.6) is 0 Å². The van der Waals surface area contributed by atoms with Crippen molar-refractivity contribution in [1.29, 1.82) is 0 Å². The number of rotatable bonds is 7. The minimum absolute atomic E-state index is 0.103. The number of methoxy groups -OCH3 is 1. The van der Waals surface area contributed by atoms with E-state index in [0.717, 1.165) is 12.8 Å². The van der Waals surface area contributed by atoms with Crippen molar-refractivity contribution in [2.45, 2.75) is 39.2 Å². The fraction of sp³-hybridized carbons (Fsp3) is 0.611. The average Bonchev–Trinajstić information content (AvgIpc) is 2.58. The minimum Gasteiger partial charge on any atom is -0.383 e.